The Balaban J connectivity index is 2.16. The highest BCUT2D eigenvalue weighted by Gasteiger charge is 2.27. The van der Waals surface area contributed by atoms with Crippen LogP contribution >= 0.6 is 0 Å². The third kappa shape index (κ3) is 7.33. The first kappa shape index (κ1) is 16.8. The molecule has 1 amide bonds. The van der Waals surface area contributed by atoms with Crippen molar-refractivity contribution in [2.75, 3.05) is 6.54 Å². The fraction of sp³-hybridized carbons (Fsp3) is 0.857. The first-order chi connectivity index (χ1) is 9.26. The zero-order valence-corrected chi connectivity index (χ0v) is 12.6. The second kappa shape index (κ2) is 7.47. The van der Waals surface area contributed by atoms with Gasteiger partial charge in [-0.15, -0.1) is 0 Å². The first-order valence-corrected chi connectivity index (χ1v) is 7.21. The van der Waals surface area contributed by atoms with Gasteiger partial charge in [0.15, 0.2) is 0 Å². The fourth-order valence-corrected chi connectivity index (χ4v) is 2.32. The molecule has 0 saturated heterocycles. The first-order valence-electron chi connectivity index (χ1n) is 7.21. The van der Waals surface area contributed by atoms with Gasteiger partial charge in [-0.3, -0.25) is 4.79 Å². The van der Waals surface area contributed by atoms with E-state index in [2.05, 4.69) is 10.6 Å². The molecule has 2 unspecified atom stereocenters. The van der Waals surface area contributed by atoms with Crippen LogP contribution in [0.25, 0.3) is 0 Å². The summed E-state index contributed by atoms with van der Waals surface area (Å²) in [6.45, 7) is 6.23. The number of carbonyl (C=O) groups is 2. The van der Waals surface area contributed by atoms with E-state index >= 15 is 0 Å². The molecular formula is C14H26N2O4. The predicted octanol–water partition coefficient (Wildman–Crippen LogP) is 1.89. The number of carbonyl (C=O) groups excluding carboxylic acids is 1. The van der Waals surface area contributed by atoms with E-state index in [1.807, 2.05) is 20.8 Å². The number of rotatable bonds is 6. The maximum Gasteiger partial charge on any atom is 0.407 e. The molecule has 2 atom stereocenters. The molecule has 0 aromatic rings. The van der Waals surface area contributed by atoms with E-state index in [0.29, 0.717) is 19.0 Å². The number of alkyl carbamates (subject to hydrolysis) is 1. The van der Waals surface area contributed by atoms with Crippen LogP contribution in [0, 0.1) is 0 Å². The number of ether oxygens (including phenoxy) is 1. The molecule has 0 spiro atoms. The Kier molecular flexibility index (Phi) is 6.26. The standard InChI is InChI=1S/C14H26N2O4/c1-14(2,3)20-13(19)16-11-7-6-10(9-11)15-8-4-5-12(17)18/h10-11,15H,4-9H2,1-3H3,(H,16,19)(H,17,18). The number of carboxylic acid groups (broad SMARTS) is 1. The summed E-state index contributed by atoms with van der Waals surface area (Å²) in [5.74, 6) is -0.761. The summed E-state index contributed by atoms with van der Waals surface area (Å²) in [7, 11) is 0. The summed E-state index contributed by atoms with van der Waals surface area (Å²) >= 11 is 0. The molecule has 0 aromatic carbocycles. The van der Waals surface area contributed by atoms with Crippen molar-refractivity contribution in [2.24, 2.45) is 0 Å². The largest absolute Gasteiger partial charge is 0.481 e. The van der Waals surface area contributed by atoms with Crippen molar-refractivity contribution in [3.05, 3.63) is 0 Å². The van der Waals surface area contributed by atoms with Crippen molar-refractivity contribution in [1.29, 1.82) is 0 Å². The summed E-state index contributed by atoms with van der Waals surface area (Å²) in [5, 5.41) is 14.8. The van der Waals surface area contributed by atoms with Gasteiger partial charge in [0.2, 0.25) is 0 Å². The van der Waals surface area contributed by atoms with Crippen LogP contribution in [0.2, 0.25) is 0 Å². The van der Waals surface area contributed by atoms with Crippen molar-refractivity contribution >= 4 is 12.1 Å². The smallest absolute Gasteiger partial charge is 0.407 e. The van der Waals surface area contributed by atoms with E-state index in [0.717, 1.165) is 19.3 Å². The van der Waals surface area contributed by atoms with Gasteiger partial charge in [0.1, 0.15) is 5.60 Å². The third-order valence-corrected chi connectivity index (χ3v) is 3.15. The predicted molar refractivity (Wildman–Crippen MR) is 75.7 cm³/mol. The van der Waals surface area contributed by atoms with Crippen molar-refractivity contribution < 1.29 is 19.4 Å². The minimum atomic E-state index is -0.761. The molecular weight excluding hydrogens is 260 g/mol. The lowest BCUT2D eigenvalue weighted by molar-refractivity contribution is -0.137. The quantitative estimate of drug-likeness (QED) is 0.649. The Labute approximate surface area is 120 Å². The van der Waals surface area contributed by atoms with Crippen molar-refractivity contribution in [3.8, 4) is 0 Å². The number of carboxylic acids is 1. The highest BCUT2D eigenvalue weighted by molar-refractivity contribution is 5.68. The maximum atomic E-state index is 11.6. The average Bonchev–Trinajstić information content (AvgIpc) is 2.69. The van der Waals surface area contributed by atoms with Crippen LogP contribution in [0.4, 0.5) is 4.79 Å². The van der Waals surface area contributed by atoms with Gasteiger partial charge in [-0.2, -0.15) is 0 Å². The molecule has 0 radical (unpaired) electrons. The molecule has 3 N–H and O–H groups in total. The van der Waals surface area contributed by atoms with E-state index < -0.39 is 11.6 Å². The average molecular weight is 286 g/mol. The topological polar surface area (TPSA) is 87.7 Å². The Morgan fingerprint density at radius 1 is 1.25 bits per heavy atom. The number of hydrogen-bond acceptors (Lipinski definition) is 4. The zero-order chi connectivity index (χ0) is 15.2. The summed E-state index contributed by atoms with van der Waals surface area (Å²) < 4.78 is 5.22. The normalized spacial score (nSPS) is 22.6. The van der Waals surface area contributed by atoms with Gasteiger partial charge in [0.25, 0.3) is 0 Å². The summed E-state index contributed by atoms with van der Waals surface area (Å²) in [5.41, 5.74) is -0.475. The van der Waals surface area contributed by atoms with E-state index in [1.54, 1.807) is 0 Å². The van der Waals surface area contributed by atoms with Gasteiger partial charge in [-0.1, -0.05) is 0 Å². The molecule has 1 fully saturated rings. The fourth-order valence-electron chi connectivity index (χ4n) is 2.32. The lowest BCUT2D eigenvalue weighted by atomic mass is 10.2. The lowest BCUT2D eigenvalue weighted by Gasteiger charge is -2.21. The Morgan fingerprint density at radius 2 is 1.90 bits per heavy atom. The number of amides is 1. The summed E-state index contributed by atoms with van der Waals surface area (Å²) in [4.78, 5) is 22.0. The van der Waals surface area contributed by atoms with E-state index in [4.69, 9.17) is 9.84 Å². The van der Waals surface area contributed by atoms with Crippen molar-refractivity contribution in [1.82, 2.24) is 10.6 Å². The summed E-state index contributed by atoms with van der Waals surface area (Å²) in [6.07, 6.45) is 3.25. The van der Waals surface area contributed by atoms with Gasteiger partial charge < -0.3 is 20.5 Å². The van der Waals surface area contributed by atoms with Crippen molar-refractivity contribution in [2.45, 2.75) is 70.6 Å². The molecule has 0 heterocycles. The van der Waals surface area contributed by atoms with Crippen LogP contribution in [-0.2, 0) is 9.53 Å². The molecule has 0 bridgehead atoms. The molecule has 1 rings (SSSR count). The molecule has 6 heteroatoms. The van der Waals surface area contributed by atoms with Crippen LogP contribution in [0.5, 0.6) is 0 Å². The minimum absolute atomic E-state index is 0.141. The lowest BCUT2D eigenvalue weighted by Crippen LogP contribution is -2.39. The van der Waals surface area contributed by atoms with Gasteiger partial charge in [-0.25, -0.2) is 4.79 Å². The maximum absolute atomic E-state index is 11.6. The van der Waals surface area contributed by atoms with Crippen molar-refractivity contribution in [3.63, 3.8) is 0 Å². The van der Waals surface area contributed by atoms with E-state index in [9.17, 15) is 9.59 Å². The highest BCUT2D eigenvalue weighted by Crippen LogP contribution is 2.19. The van der Waals surface area contributed by atoms with Gasteiger partial charge >= 0.3 is 12.1 Å². The Morgan fingerprint density at radius 3 is 2.50 bits per heavy atom. The van der Waals surface area contributed by atoms with E-state index in [-0.39, 0.29) is 18.6 Å². The van der Waals surface area contributed by atoms with E-state index in [1.165, 1.54) is 0 Å². The van der Waals surface area contributed by atoms with Gasteiger partial charge in [0.05, 0.1) is 0 Å². The molecule has 20 heavy (non-hydrogen) atoms. The Bertz CT molecular complexity index is 339. The van der Waals surface area contributed by atoms with Crippen LogP contribution < -0.4 is 10.6 Å². The minimum Gasteiger partial charge on any atom is -0.481 e. The zero-order valence-electron chi connectivity index (χ0n) is 12.6. The summed E-state index contributed by atoms with van der Waals surface area (Å²) in [6, 6.07) is 0.491. The Hall–Kier alpha value is -1.30. The van der Waals surface area contributed by atoms with Crippen LogP contribution in [0.3, 0.4) is 0 Å². The van der Waals surface area contributed by atoms with Crippen LogP contribution in [-0.4, -0.2) is 41.4 Å². The second-order valence-electron chi connectivity index (χ2n) is 6.30. The molecule has 1 aliphatic carbocycles. The molecule has 116 valence electrons. The number of hydrogen-bond donors (Lipinski definition) is 3. The molecule has 0 aliphatic heterocycles. The van der Waals surface area contributed by atoms with Crippen LogP contribution in [0.1, 0.15) is 52.9 Å². The SMILES string of the molecule is CC(C)(C)OC(=O)NC1CCC(NCCCC(=O)O)C1. The van der Waals surface area contributed by atoms with Crippen LogP contribution in [0.15, 0.2) is 0 Å². The molecule has 1 saturated carbocycles. The van der Waals surface area contributed by atoms with Gasteiger partial charge in [0, 0.05) is 18.5 Å². The number of nitrogens with one attached hydrogen (secondary N) is 2. The van der Waals surface area contributed by atoms with Gasteiger partial charge in [-0.05, 0) is 53.0 Å². The molecule has 0 aromatic heterocycles. The monoisotopic (exact) mass is 286 g/mol. The molecule has 6 nitrogen and oxygen atoms in total. The second-order valence-corrected chi connectivity index (χ2v) is 6.30. The highest BCUT2D eigenvalue weighted by atomic mass is 16.6. The third-order valence-electron chi connectivity index (χ3n) is 3.15. The molecule has 1 aliphatic rings. The number of aliphatic carboxylic acids is 1.